The van der Waals surface area contributed by atoms with Crippen LogP contribution in [0, 0.1) is 11.3 Å². The second-order valence-corrected chi connectivity index (χ2v) is 7.59. The number of amides is 3. The first kappa shape index (κ1) is 23.4. The van der Waals surface area contributed by atoms with Crippen LogP contribution in [0.3, 0.4) is 0 Å². The van der Waals surface area contributed by atoms with Gasteiger partial charge in [-0.3, -0.25) is 19.3 Å². The summed E-state index contributed by atoms with van der Waals surface area (Å²) < 4.78 is 0. The molecule has 0 bridgehead atoms. The van der Waals surface area contributed by atoms with Gasteiger partial charge >= 0.3 is 0 Å². The molecule has 0 atom stereocenters. The van der Waals surface area contributed by atoms with Gasteiger partial charge in [-0.2, -0.15) is 5.26 Å². The quantitative estimate of drug-likeness (QED) is 0.642. The van der Waals surface area contributed by atoms with Gasteiger partial charge in [0.15, 0.2) is 0 Å². The van der Waals surface area contributed by atoms with Crippen LogP contribution in [0.2, 0.25) is 0 Å². The monoisotopic (exact) mass is 413 g/mol. The van der Waals surface area contributed by atoms with Crippen LogP contribution in [-0.4, -0.2) is 85.8 Å². The van der Waals surface area contributed by atoms with Gasteiger partial charge in [0.05, 0.1) is 19.0 Å². The molecular formula is C22H31N5O3. The SMILES string of the molecule is CN(C)C(=O)CN1CCCN(C(=O)CCC(=O)N(CCC#N)c2ccccc2)CC1. The normalized spacial score (nSPS) is 14.5. The Morgan fingerprint density at radius 2 is 1.73 bits per heavy atom. The molecule has 162 valence electrons. The van der Waals surface area contributed by atoms with Gasteiger partial charge in [0, 0.05) is 65.3 Å². The van der Waals surface area contributed by atoms with Crippen LogP contribution in [0.4, 0.5) is 5.69 Å². The van der Waals surface area contributed by atoms with E-state index in [0.717, 1.165) is 18.7 Å². The number of hydrogen-bond donors (Lipinski definition) is 0. The second-order valence-electron chi connectivity index (χ2n) is 7.59. The Morgan fingerprint density at radius 3 is 2.40 bits per heavy atom. The average Bonchev–Trinajstić information content (AvgIpc) is 2.98. The number of nitriles is 1. The number of anilines is 1. The summed E-state index contributed by atoms with van der Waals surface area (Å²) in [4.78, 5) is 44.3. The van der Waals surface area contributed by atoms with Crippen molar-refractivity contribution in [3.05, 3.63) is 30.3 Å². The summed E-state index contributed by atoms with van der Waals surface area (Å²) in [5, 5.41) is 8.89. The lowest BCUT2D eigenvalue weighted by Gasteiger charge is -2.24. The molecule has 2 rings (SSSR count). The van der Waals surface area contributed by atoms with Gasteiger partial charge in [-0.15, -0.1) is 0 Å². The van der Waals surface area contributed by atoms with Crippen molar-refractivity contribution >= 4 is 23.4 Å². The third kappa shape index (κ3) is 7.16. The fourth-order valence-corrected chi connectivity index (χ4v) is 3.39. The maximum absolute atomic E-state index is 12.7. The zero-order chi connectivity index (χ0) is 21.9. The minimum atomic E-state index is -0.155. The van der Waals surface area contributed by atoms with Crippen LogP contribution in [0.5, 0.6) is 0 Å². The molecule has 1 aromatic carbocycles. The summed E-state index contributed by atoms with van der Waals surface area (Å²) in [5.41, 5.74) is 0.737. The van der Waals surface area contributed by atoms with Crippen molar-refractivity contribution in [1.82, 2.24) is 14.7 Å². The molecular weight excluding hydrogens is 382 g/mol. The number of nitrogens with zero attached hydrogens (tertiary/aromatic N) is 5. The van der Waals surface area contributed by atoms with Gasteiger partial charge in [-0.25, -0.2) is 0 Å². The number of rotatable bonds is 8. The van der Waals surface area contributed by atoms with Gasteiger partial charge < -0.3 is 14.7 Å². The second kappa shape index (κ2) is 11.9. The molecule has 0 aromatic heterocycles. The number of hydrogen-bond acceptors (Lipinski definition) is 5. The molecule has 0 spiro atoms. The first-order valence-corrected chi connectivity index (χ1v) is 10.3. The lowest BCUT2D eigenvalue weighted by molar-refractivity contribution is -0.133. The summed E-state index contributed by atoms with van der Waals surface area (Å²) in [7, 11) is 3.48. The summed E-state index contributed by atoms with van der Waals surface area (Å²) in [5.74, 6) is -0.144. The fraction of sp³-hybridized carbons (Fsp3) is 0.545. The van der Waals surface area contributed by atoms with E-state index >= 15 is 0 Å². The first-order chi connectivity index (χ1) is 14.4. The lowest BCUT2D eigenvalue weighted by atomic mass is 10.2. The van der Waals surface area contributed by atoms with Crippen LogP contribution in [0.25, 0.3) is 0 Å². The van der Waals surface area contributed by atoms with E-state index in [1.54, 1.807) is 28.8 Å². The van der Waals surface area contributed by atoms with Gasteiger partial charge in [-0.1, -0.05) is 18.2 Å². The maximum atomic E-state index is 12.7. The standard InChI is InChI=1S/C22H31N5O3/c1-24(2)22(30)18-25-13-7-14-26(17-16-25)20(28)10-11-21(29)27(15-6-12-23)19-8-4-3-5-9-19/h3-5,8-9H,6-7,10-11,13-18H2,1-2H3. The van der Waals surface area contributed by atoms with E-state index in [0.29, 0.717) is 32.7 Å². The summed E-state index contributed by atoms with van der Waals surface area (Å²) >= 11 is 0. The Labute approximate surface area is 178 Å². The van der Waals surface area contributed by atoms with E-state index in [1.165, 1.54) is 0 Å². The minimum Gasteiger partial charge on any atom is -0.348 e. The molecule has 1 aliphatic rings. The van der Waals surface area contributed by atoms with Crippen LogP contribution in [-0.2, 0) is 14.4 Å². The molecule has 8 nitrogen and oxygen atoms in total. The zero-order valence-electron chi connectivity index (χ0n) is 17.9. The highest BCUT2D eigenvalue weighted by Crippen LogP contribution is 2.16. The predicted molar refractivity (Wildman–Crippen MR) is 115 cm³/mol. The van der Waals surface area contributed by atoms with E-state index in [4.69, 9.17) is 5.26 Å². The fourth-order valence-electron chi connectivity index (χ4n) is 3.39. The Bertz CT molecular complexity index is 760. The molecule has 1 saturated heterocycles. The summed E-state index contributed by atoms with van der Waals surface area (Å²) in [6.45, 7) is 3.29. The van der Waals surface area contributed by atoms with Crippen molar-refractivity contribution in [3.63, 3.8) is 0 Å². The zero-order valence-corrected chi connectivity index (χ0v) is 17.9. The first-order valence-electron chi connectivity index (χ1n) is 10.3. The topological polar surface area (TPSA) is 88.0 Å². The van der Waals surface area contributed by atoms with Gasteiger partial charge in [-0.05, 0) is 18.6 Å². The van der Waals surface area contributed by atoms with E-state index in [-0.39, 0.29) is 37.0 Å². The molecule has 0 N–H and O–H groups in total. The highest BCUT2D eigenvalue weighted by molar-refractivity contribution is 5.95. The molecule has 1 heterocycles. The summed E-state index contributed by atoms with van der Waals surface area (Å²) in [6, 6.07) is 11.3. The van der Waals surface area contributed by atoms with Gasteiger partial charge in [0.1, 0.15) is 0 Å². The lowest BCUT2D eigenvalue weighted by Crippen LogP contribution is -2.40. The van der Waals surface area contributed by atoms with Crippen molar-refractivity contribution < 1.29 is 14.4 Å². The largest absolute Gasteiger partial charge is 0.348 e. The highest BCUT2D eigenvalue weighted by atomic mass is 16.2. The number of para-hydroxylation sites is 1. The van der Waals surface area contributed by atoms with E-state index < -0.39 is 0 Å². The molecule has 0 aliphatic carbocycles. The van der Waals surface area contributed by atoms with Gasteiger partial charge in [0.25, 0.3) is 0 Å². The summed E-state index contributed by atoms with van der Waals surface area (Å²) in [6.07, 6.45) is 1.30. The van der Waals surface area contributed by atoms with Crippen LogP contribution in [0.1, 0.15) is 25.7 Å². The van der Waals surface area contributed by atoms with Crippen molar-refractivity contribution in [1.29, 1.82) is 5.26 Å². The highest BCUT2D eigenvalue weighted by Gasteiger charge is 2.23. The smallest absolute Gasteiger partial charge is 0.236 e. The predicted octanol–water partition coefficient (Wildman–Crippen LogP) is 1.34. The van der Waals surface area contributed by atoms with Crippen molar-refractivity contribution in [2.75, 3.05) is 58.3 Å². The maximum Gasteiger partial charge on any atom is 0.236 e. The Morgan fingerprint density at radius 1 is 1.00 bits per heavy atom. The molecule has 0 saturated carbocycles. The number of benzene rings is 1. The molecule has 1 aromatic rings. The number of carbonyl (C=O) groups is 3. The number of likely N-dealkylation sites (N-methyl/N-ethyl adjacent to an activating group) is 1. The molecule has 3 amide bonds. The Kier molecular flexibility index (Phi) is 9.29. The van der Waals surface area contributed by atoms with E-state index in [1.807, 2.05) is 30.3 Å². The average molecular weight is 414 g/mol. The van der Waals surface area contributed by atoms with E-state index in [9.17, 15) is 14.4 Å². The van der Waals surface area contributed by atoms with Crippen LogP contribution in [0.15, 0.2) is 30.3 Å². The number of carbonyl (C=O) groups excluding carboxylic acids is 3. The van der Waals surface area contributed by atoms with Crippen molar-refractivity contribution in [2.24, 2.45) is 0 Å². The molecule has 8 heteroatoms. The molecule has 0 radical (unpaired) electrons. The van der Waals surface area contributed by atoms with Crippen LogP contribution >= 0.6 is 0 Å². The van der Waals surface area contributed by atoms with E-state index in [2.05, 4.69) is 11.0 Å². The Balaban J connectivity index is 1.87. The Hall–Kier alpha value is -2.92. The van der Waals surface area contributed by atoms with Crippen LogP contribution < -0.4 is 4.90 Å². The van der Waals surface area contributed by atoms with Crippen molar-refractivity contribution in [2.45, 2.75) is 25.7 Å². The molecule has 1 fully saturated rings. The molecule has 0 unspecified atom stereocenters. The van der Waals surface area contributed by atoms with Crippen molar-refractivity contribution in [3.8, 4) is 6.07 Å². The third-order valence-corrected chi connectivity index (χ3v) is 5.17. The minimum absolute atomic E-state index is 0.0440. The molecule has 1 aliphatic heterocycles. The van der Waals surface area contributed by atoms with Gasteiger partial charge in [0.2, 0.25) is 17.7 Å². The third-order valence-electron chi connectivity index (χ3n) is 5.17. The molecule has 30 heavy (non-hydrogen) atoms.